The molecule has 20 heavy (non-hydrogen) atoms. The Morgan fingerprint density at radius 1 is 1.50 bits per heavy atom. The number of rotatable bonds is 5. The molecule has 2 N–H and O–H groups in total. The molecule has 1 aliphatic rings. The molecule has 0 radical (unpaired) electrons. The summed E-state index contributed by atoms with van der Waals surface area (Å²) in [5, 5.41) is 7.32. The third-order valence-electron chi connectivity index (χ3n) is 3.08. The molecule has 2 heterocycles. The van der Waals surface area contributed by atoms with Gasteiger partial charge < -0.3 is 10.6 Å². The number of halogens is 1. The number of nitrogens with one attached hydrogen (secondary N) is 2. The van der Waals surface area contributed by atoms with Crippen LogP contribution in [0.2, 0.25) is 5.28 Å². The number of thiophene rings is 1. The Bertz CT molecular complexity index is 653. The van der Waals surface area contributed by atoms with Crippen LogP contribution in [0.5, 0.6) is 0 Å². The van der Waals surface area contributed by atoms with E-state index in [1.165, 1.54) is 0 Å². The van der Waals surface area contributed by atoms with Gasteiger partial charge >= 0.3 is 0 Å². The van der Waals surface area contributed by atoms with E-state index in [2.05, 4.69) is 20.6 Å². The molecule has 2 aromatic rings. The van der Waals surface area contributed by atoms with Crippen LogP contribution in [-0.4, -0.2) is 28.5 Å². The zero-order valence-corrected chi connectivity index (χ0v) is 12.6. The molecular formula is C13H15ClN4OS. The lowest BCUT2D eigenvalue weighted by Crippen LogP contribution is -2.27. The van der Waals surface area contributed by atoms with E-state index < -0.39 is 0 Å². The van der Waals surface area contributed by atoms with Gasteiger partial charge in [-0.1, -0.05) is 0 Å². The number of carbonyl (C=O) groups is 1. The molecule has 1 amide bonds. The van der Waals surface area contributed by atoms with Crippen molar-refractivity contribution in [3.05, 3.63) is 16.2 Å². The molecule has 106 valence electrons. The molecule has 0 saturated heterocycles. The predicted molar refractivity (Wildman–Crippen MR) is 81.4 cm³/mol. The highest BCUT2D eigenvalue weighted by atomic mass is 35.5. The summed E-state index contributed by atoms with van der Waals surface area (Å²) in [6, 6.07) is 2.44. The molecule has 1 fully saturated rings. The van der Waals surface area contributed by atoms with Crippen molar-refractivity contribution in [1.29, 1.82) is 0 Å². The maximum absolute atomic E-state index is 11.6. The summed E-state index contributed by atoms with van der Waals surface area (Å²) in [4.78, 5) is 22.0. The summed E-state index contributed by atoms with van der Waals surface area (Å²) in [5.74, 6) is 0.779. The Kier molecular flexibility index (Phi) is 3.76. The Labute approximate surface area is 125 Å². The van der Waals surface area contributed by atoms with Crippen LogP contribution in [-0.2, 0) is 4.79 Å². The average molecular weight is 311 g/mol. The molecule has 1 saturated carbocycles. The number of carbonyl (C=O) groups excluding carboxylic acids is 1. The summed E-state index contributed by atoms with van der Waals surface area (Å²) < 4.78 is 0. The van der Waals surface area contributed by atoms with Crippen molar-refractivity contribution in [2.24, 2.45) is 0 Å². The largest absolute Gasteiger partial charge is 0.369 e. The smallest absolute Gasteiger partial charge is 0.225 e. The van der Waals surface area contributed by atoms with Crippen LogP contribution < -0.4 is 10.6 Å². The lowest BCUT2D eigenvalue weighted by Gasteiger charge is -2.07. The summed E-state index contributed by atoms with van der Waals surface area (Å²) in [7, 11) is 0. The van der Waals surface area contributed by atoms with Crippen molar-refractivity contribution in [1.82, 2.24) is 15.3 Å². The zero-order chi connectivity index (χ0) is 14.1. The molecule has 0 atom stereocenters. The third-order valence-corrected chi connectivity index (χ3v) is 4.19. The van der Waals surface area contributed by atoms with Crippen LogP contribution in [0.1, 0.15) is 24.1 Å². The standard InChI is InChI=1S/C13H15ClN4OS/c1-7-6-9-11(17-13(14)18-12(9)20-7)15-5-4-10(19)16-8-2-3-8/h6,8H,2-5H2,1H3,(H,16,19)(H,15,17,18). The molecule has 7 heteroatoms. The minimum atomic E-state index is 0.0814. The van der Waals surface area contributed by atoms with Gasteiger partial charge in [0.15, 0.2) is 0 Å². The van der Waals surface area contributed by atoms with E-state index in [1.807, 2.05) is 13.0 Å². The average Bonchev–Trinajstić information content (AvgIpc) is 3.09. The number of hydrogen-bond acceptors (Lipinski definition) is 5. The van der Waals surface area contributed by atoms with Crippen molar-refractivity contribution in [3.8, 4) is 0 Å². The summed E-state index contributed by atoms with van der Waals surface area (Å²) in [6.07, 6.45) is 2.65. The highest BCUT2D eigenvalue weighted by Crippen LogP contribution is 2.29. The Morgan fingerprint density at radius 3 is 3.05 bits per heavy atom. The number of aromatic nitrogens is 2. The Hall–Kier alpha value is -1.40. The van der Waals surface area contributed by atoms with Crippen LogP contribution in [0, 0.1) is 6.92 Å². The second-order valence-corrected chi connectivity index (χ2v) is 6.51. The minimum absolute atomic E-state index is 0.0814. The van der Waals surface area contributed by atoms with Gasteiger partial charge in [-0.25, -0.2) is 9.97 Å². The quantitative estimate of drug-likeness (QED) is 0.833. The van der Waals surface area contributed by atoms with Gasteiger partial charge in [0, 0.05) is 23.9 Å². The zero-order valence-electron chi connectivity index (χ0n) is 11.1. The number of nitrogens with zero attached hydrogens (tertiary/aromatic N) is 2. The molecule has 1 aliphatic carbocycles. The predicted octanol–water partition coefficient (Wildman–Crippen LogP) is 2.73. The van der Waals surface area contributed by atoms with E-state index in [4.69, 9.17) is 11.6 Å². The molecule has 0 spiro atoms. The minimum Gasteiger partial charge on any atom is -0.369 e. The number of anilines is 1. The first-order valence-electron chi connectivity index (χ1n) is 6.59. The van der Waals surface area contributed by atoms with Crippen LogP contribution in [0.4, 0.5) is 5.82 Å². The second kappa shape index (κ2) is 5.54. The van der Waals surface area contributed by atoms with Crippen molar-refractivity contribution in [2.75, 3.05) is 11.9 Å². The maximum atomic E-state index is 11.6. The van der Waals surface area contributed by atoms with E-state index in [0.29, 0.717) is 24.8 Å². The van der Waals surface area contributed by atoms with Crippen LogP contribution >= 0.6 is 22.9 Å². The fraction of sp³-hybridized carbons (Fsp3) is 0.462. The number of amides is 1. The summed E-state index contributed by atoms with van der Waals surface area (Å²) in [5.41, 5.74) is 0. The first kappa shape index (κ1) is 13.6. The van der Waals surface area contributed by atoms with Gasteiger partial charge in [-0.15, -0.1) is 11.3 Å². The van der Waals surface area contributed by atoms with Crippen molar-refractivity contribution in [3.63, 3.8) is 0 Å². The van der Waals surface area contributed by atoms with Crippen molar-refractivity contribution >= 4 is 44.9 Å². The van der Waals surface area contributed by atoms with Gasteiger partial charge in [0.25, 0.3) is 0 Å². The van der Waals surface area contributed by atoms with Crippen molar-refractivity contribution < 1.29 is 4.79 Å². The highest BCUT2D eigenvalue weighted by Gasteiger charge is 2.22. The lowest BCUT2D eigenvalue weighted by molar-refractivity contribution is -0.120. The van der Waals surface area contributed by atoms with E-state index >= 15 is 0 Å². The fourth-order valence-corrected chi connectivity index (χ4v) is 3.07. The van der Waals surface area contributed by atoms with Gasteiger partial charge in [0.1, 0.15) is 10.6 Å². The third kappa shape index (κ3) is 3.19. The van der Waals surface area contributed by atoms with Gasteiger partial charge in [0.05, 0.1) is 5.39 Å². The molecule has 0 aliphatic heterocycles. The summed E-state index contributed by atoms with van der Waals surface area (Å²) in [6.45, 7) is 2.56. The van der Waals surface area contributed by atoms with E-state index in [-0.39, 0.29) is 11.2 Å². The molecule has 5 nitrogen and oxygen atoms in total. The number of hydrogen-bond donors (Lipinski definition) is 2. The SMILES string of the molecule is Cc1cc2c(NCCC(=O)NC3CC3)nc(Cl)nc2s1. The lowest BCUT2D eigenvalue weighted by atomic mass is 10.3. The van der Waals surface area contributed by atoms with Crippen LogP contribution in [0.15, 0.2) is 6.07 Å². The number of fused-ring (bicyclic) bond motifs is 1. The molecular weight excluding hydrogens is 296 g/mol. The van der Waals surface area contributed by atoms with E-state index in [1.54, 1.807) is 11.3 Å². The molecule has 3 rings (SSSR count). The fourth-order valence-electron chi connectivity index (χ4n) is 1.97. The summed E-state index contributed by atoms with van der Waals surface area (Å²) >= 11 is 7.50. The number of aryl methyl sites for hydroxylation is 1. The van der Waals surface area contributed by atoms with Crippen molar-refractivity contribution in [2.45, 2.75) is 32.2 Å². The molecule has 0 bridgehead atoms. The molecule has 2 aromatic heterocycles. The maximum Gasteiger partial charge on any atom is 0.225 e. The molecule has 0 aromatic carbocycles. The van der Waals surface area contributed by atoms with Gasteiger partial charge in [-0.05, 0) is 37.4 Å². The molecule has 0 unspecified atom stereocenters. The first-order valence-corrected chi connectivity index (χ1v) is 7.78. The normalized spacial score (nSPS) is 14.5. The van der Waals surface area contributed by atoms with E-state index in [0.717, 1.165) is 27.9 Å². The van der Waals surface area contributed by atoms with Crippen LogP contribution in [0.25, 0.3) is 10.2 Å². The monoisotopic (exact) mass is 310 g/mol. The first-order chi connectivity index (χ1) is 9.61. The second-order valence-electron chi connectivity index (χ2n) is 4.94. The Balaban J connectivity index is 1.65. The van der Waals surface area contributed by atoms with Gasteiger partial charge in [0.2, 0.25) is 11.2 Å². The van der Waals surface area contributed by atoms with Crippen LogP contribution in [0.3, 0.4) is 0 Å². The van der Waals surface area contributed by atoms with Gasteiger partial charge in [-0.2, -0.15) is 0 Å². The van der Waals surface area contributed by atoms with Gasteiger partial charge in [-0.3, -0.25) is 4.79 Å². The highest BCUT2D eigenvalue weighted by molar-refractivity contribution is 7.18. The van der Waals surface area contributed by atoms with E-state index in [9.17, 15) is 4.79 Å². The topological polar surface area (TPSA) is 66.9 Å². The Morgan fingerprint density at radius 2 is 2.30 bits per heavy atom.